The number of hydrogen-bond donors (Lipinski definition) is 4. The van der Waals surface area contributed by atoms with Gasteiger partial charge in [-0.25, -0.2) is 14.4 Å². The fourth-order valence-electron chi connectivity index (χ4n) is 4.01. The number of urea groups is 2. The molecule has 208 valence electrons. The first-order chi connectivity index (χ1) is 16.4. The molecule has 3 fully saturated rings. The normalized spacial score (nSPS) is 19.0. The van der Waals surface area contributed by atoms with Gasteiger partial charge in [0.1, 0.15) is 12.0 Å². The van der Waals surface area contributed by atoms with Crippen molar-refractivity contribution in [1.29, 1.82) is 0 Å². The number of rotatable bonds is 2. The van der Waals surface area contributed by atoms with E-state index in [4.69, 9.17) is 15.6 Å². The molecule has 2 aliphatic heterocycles. The maximum atomic E-state index is 12.0. The van der Waals surface area contributed by atoms with E-state index in [0.717, 1.165) is 17.7 Å². The lowest BCUT2D eigenvalue weighted by atomic mass is 9.96. The Morgan fingerprint density at radius 3 is 2.06 bits per heavy atom. The van der Waals surface area contributed by atoms with E-state index >= 15 is 0 Å². The van der Waals surface area contributed by atoms with E-state index in [9.17, 15) is 24.0 Å². The van der Waals surface area contributed by atoms with Crippen molar-refractivity contribution in [2.45, 2.75) is 104 Å². The molecule has 0 radical (unpaired) electrons. The summed E-state index contributed by atoms with van der Waals surface area (Å²) in [7, 11) is 0. The molecule has 0 atom stereocenters. The minimum Gasteiger partial charge on any atom is -0.444 e. The Morgan fingerprint density at radius 2 is 1.61 bits per heavy atom. The summed E-state index contributed by atoms with van der Waals surface area (Å²) in [5.41, 5.74) is 4.41. The molecule has 3 aliphatic rings. The number of primary amides is 1. The molecule has 12 heteroatoms. The topological polar surface area (TPSA) is 171 Å². The number of imide groups is 2. The first-order valence-corrected chi connectivity index (χ1v) is 12.2. The SMILES string of the molecule is C.CC(C)(C)OC(=O)N1CCC(N2C(=O)CC(=O)NC2=O)CC1.CCO.NC(=O)NC1CCCCC1. The Bertz CT molecular complexity index is 720. The number of piperidine rings is 1. The van der Waals surface area contributed by atoms with Gasteiger partial charge in [-0.2, -0.15) is 0 Å². The van der Waals surface area contributed by atoms with Crippen LogP contribution in [0, 0.1) is 0 Å². The van der Waals surface area contributed by atoms with Crippen LogP contribution >= 0.6 is 0 Å². The molecule has 1 saturated carbocycles. The van der Waals surface area contributed by atoms with Gasteiger partial charge in [0, 0.05) is 31.8 Å². The first kappa shape index (κ1) is 33.1. The largest absolute Gasteiger partial charge is 0.444 e. The second-order valence-electron chi connectivity index (χ2n) is 9.65. The van der Waals surface area contributed by atoms with Crippen LogP contribution in [0.2, 0.25) is 0 Å². The van der Waals surface area contributed by atoms with E-state index in [1.165, 1.54) is 19.3 Å². The summed E-state index contributed by atoms with van der Waals surface area (Å²) in [5.74, 6) is -1.05. The molecule has 2 heterocycles. The predicted molar refractivity (Wildman–Crippen MR) is 135 cm³/mol. The van der Waals surface area contributed by atoms with E-state index in [2.05, 4.69) is 10.6 Å². The van der Waals surface area contributed by atoms with Crippen LogP contribution in [0.3, 0.4) is 0 Å². The number of amides is 7. The smallest absolute Gasteiger partial charge is 0.410 e. The van der Waals surface area contributed by atoms with E-state index in [1.54, 1.807) is 32.6 Å². The number of aliphatic hydroxyl groups excluding tert-OH is 1. The summed E-state index contributed by atoms with van der Waals surface area (Å²) in [6, 6.07) is -0.991. The van der Waals surface area contributed by atoms with E-state index in [1.807, 2.05) is 0 Å². The maximum absolute atomic E-state index is 12.0. The molecular weight excluding hydrogens is 470 g/mol. The Hall–Kier alpha value is -2.89. The van der Waals surface area contributed by atoms with Crippen LogP contribution in [0.4, 0.5) is 14.4 Å². The average molecular weight is 516 g/mol. The van der Waals surface area contributed by atoms with Crippen molar-refractivity contribution in [3.05, 3.63) is 0 Å². The van der Waals surface area contributed by atoms with E-state index in [-0.39, 0.29) is 32.5 Å². The minimum absolute atomic E-state index is 0. The monoisotopic (exact) mass is 515 g/mol. The van der Waals surface area contributed by atoms with Gasteiger partial charge in [-0.1, -0.05) is 26.7 Å². The van der Waals surface area contributed by atoms with Crippen LogP contribution in [0.1, 0.15) is 86.5 Å². The van der Waals surface area contributed by atoms with Gasteiger partial charge in [0.2, 0.25) is 11.8 Å². The molecule has 5 N–H and O–H groups in total. The van der Waals surface area contributed by atoms with Crippen molar-refractivity contribution in [1.82, 2.24) is 20.4 Å². The number of aliphatic hydroxyl groups is 1. The summed E-state index contributed by atoms with van der Waals surface area (Å²) in [6.07, 6.45) is 6.21. The van der Waals surface area contributed by atoms with Gasteiger partial charge >= 0.3 is 18.2 Å². The number of ether oxygens (including phenoxy) is 1. The third-order valence-electron chi connectivity index (χ3n) is 5.48. The summed E-state index contributed by atoms with van der Waals surface area (Å²) < 4.78 is 5.30. The van der Waals surface area contributed by atoms with Crippen LogP contribution in [-0.2, 0) is 14.3 Å². The van der Waals surface area contributed by atoms with Gasteiger partial charge < -0.3 is 25.8 Å². The number of hydrogen-bond acceptors (Lipinski definition) is 7. The van der Waals surface area contributed by atoms with Gasteiger partial charge in [-0.3, -0.25) is 19.8 Å². The standard InChI is InChI=1S/C14H21N3O5.C7H14N2O.C2H6O.CH4/c1-14(2,3)22-13(21)16-6-4-9(5-7-16)17-11(19)8-10(18)15-12(17)20;8-7(10)9-6-4-2-1-3-5-6;1-2-3;/h9H,4-8H2,1-3H3,(H,15,18,20);6H,1-5H2,(H3,8,9,10);3H,2H2,1H3;1H4. The van der Waals surface area contributed by atoms with Gasteiger partial charge in [0.15, 0.2) is 0 Å². The molecule has 1 aliphatic carbocycles. The van der Waals surface area contributed by atoms with Crippen LogP contribution in [-0.4, -0.2) is 82.3 Å². The summed E-state index contributed by atoms with van der Waals surface area (Å²) >= 11 is 0. The zero-order valence-corrected chi connectivity index (χ0v) is 21.3. The van der Waals surface area contributed by atoms with Crippen molar-refractivity contribution in [2.75, 3.05) is 19.7 Å². The number of likely N-dealkylation sites (tertiary alicyclic amines) is 1. The fourth-order valence-corrected chi connectivity index (χ4v) is 4.01. The lowest BCUT2D eigenvalue weighted by molar-refractivity contribution is -0.138. The predicted octanol–water partition coefficient (Wildman–Crippen LogP) is 2.48. The lowest BCUT2D eigenvalue weighted by Gasteiger charge is -2.38. The summed E-state index contributed by atoms with van der Waals surface area (Å²) in [4.78, 5) is 59.8. The van der Waals surface area contributed by atoms with E-state index < -0.39 is 29.5 Å². The summed E-state index contributed by atoms with van der Waals surface area (Å²) in [5, 5.41) is 12.4. The molecule has 36 heavy (non-hydrogen) atoms. The van der Waals surface area contributed by atoms with Gasteiger partial charge in [0.05, 0.1) is 0 Å². The quantitative estimate of drug-likeness (QED) is 0.409. The molecule has 0 unspecified atom stereocenters. The number of nitrogens with two attached hydrogens (primary N) is 1. The Labute approximate surface area is 214 Å². The first-order valence-electron chi connectivity index (χ1n) is 12.2. The number of carbonyl (C=O) groups excluding carboxylic acids is 5. The van der Waals surface area contributed by atoms with Crippen molar-refractivity contribution in [2.24, 2.45) is 5.73 Å². The average Bonchev–Trinajstić information content (AvgIpc) is 2.73. The molecule has 3 rings (SSSR count). The number of nitrogens with zero attached hydrogens (tertiary/aromatic N) is 2. The van der Waals surface area contributed by atoms with Crippen molar-refractivity contribution >= 4 is 30.0 Å². The molecular formula is C24H45N5O7. The third kappa shape index (κ3) is 12.2. The Morgan fingerprint density at radius 1 is 1.08 bits per heavy atom. The Kier molecular flexibility index (Phi) is 14.7. The van der Waals surface area contributed by atoms with Crippen molar-refractivity contribution in [3.63, 3.8) is 0 Å². The minimum atomic E-state index is -0.669. The van der Waals surface area contributed by atoms with E-state index in [0.29, 0.717) is 32.0 Å². The van der Waals surface area contributed by atoms with Crippen molar-refractivity contribution in [3.8, 4) is 0 Å². The third-order valence-corrected chi connectivity index (χ3v) is 5.48. The molecule has 12 nitrogen and oxygen atoms in total. The van der Waals surface area contributed by atoms with Crippen molar-refractivity contribution < 1.29 is 33.8 Å². The van der Waals surface area contributed by atoms with Crippen LogP contribution in [0.25, 0.3) is 0 Å². The molecule has 0 aromatic rings. The fraction of sp³-hybridized carbons (Fsp3) is 0.792. The zero-order chi connectivity index (χ0) is 26.6. The Balaban J connectivity index is 0.000000731. The molecule has 0 aromatic heterocycles. The van der Waals surface area contributed by atoms with Crippen LogP contribution < -0.4 is 16.4 Å². The second-order valence-corrected chi connectivity index (χ2v) is 9.65. The van der Waals surface area contributed by atoms with Gasteiger partial charge in [-0.05, 0) is 53.4 Å². The highest BCUT2D eigenvalue weighted by molar-refractivity contribution is 6.14. The highest BCUT2D eigenvalue weighted by Crippen LogP contribution is 2.21. The molecule has 0 aromatic carbocycles. The van der Waals surface area contributed by atoms with Gasteiger partial charge in [0.25, 0.3) is 0 Å². The number of barbiturate groups is 1. The highest BCUT2D eigenvalue weighted by atomic mass is 16.6. The molecule has 7 amide bonds. The second kappa shape index (κ2) is 16.0. The highest BCUT2D eigenvalue weighted by Gasteiger charge is 2.38. The number of carbonyl (C=O) groups is 5. The molecule has 2 saturated heterocycles. The molecule has 0 bridgehead atoms. The van der Waals surface area contributed by atoms with Crippen LogP contribution in [0.5, 0.6) is 0 Å². The zero-order valence-electron chi connectivity index (χ0n) is 21.3. The number of nitrogens with one attached hydrogen (secondary N) is 2. The lowest BCUT2D eigenvalue weighted by Crippen LogP contribution is -2.59. The molecule has 0 spiro atoms. The summed E-state index contributed by atoms with van der Waals surface area (Å²) in [6.45, 7) is 8.14. The maximum Gasteiger partial charge on any atom is 0.410 e. The van der Waals surface area contributed by atoms with Crippen LogP contribution in [0.15, 0.2) is 0 Å². The van der Waals surface area contributed by atoms with Gasteiger partial charge in [-0.15, -0.1) is 0 Å².